The summed E-state index contributed by atoms with van der Waals surface area (Å²) in [7, 11) is 1.94. The van der Waals surface area contributed by atoms with Crippen molar-refractivity contribution in [3.8, 4) is 6.07 Å². The van der Waals surface area contributed by atoms with Crippen molar-refractivity contribution in [2.24, 2.45) is 7.05 Å². The van der Waals surface area contributed by atoms with Gasteiger partial charge in [0.25, 0.3) is 0 Å². The van der Waals surface area contributed by atoms with E-state index < -0.39 is 0 Å². The van der Waals surface area contributed by atoms with Crippen molar-refractivity contribution in [2.75, 3.05) is 5.32 Å². The highest BCUT2D eigenvalue weighted by molar-refractivity contribution is 5.45. The van der Waals surface area contributed by atoms with Crippen LogP contribution in [0.25, 0.3) is 0 Å². The van der Waals surface area contributed by atoms with Gasteiger partial charge in [0, 0.05) is 30.5 Å². The molecule has 0 aliphatic carbocycles. The van der Waals surface area contributed by atoms with Crippen LogP contribution in [0.4, 0.5) is 5.69 Å². The summed E-state index contributed by atoms with van der Waals surface area (Å²) < 4.78 is 1.87. The Morgan fingerprint density at radius 3 is 2.61 bits per heavy atom. The van der Waals surface area contributed by atoms with E-state index in [4.69, 9.17) is 5.26 Å². The molecule has 4 heteroatoms. The first kappa shape index (κ1) is 12.2. The first-order valence-corrected chi connectivity index (χ1v) is 5.88. The first-order chi connectivity index (χ1) is 8.70. The Morgan fingerprint density at radius 2 is 2.06 bits per heavy atom. The van der Waals surface area contributed by atoms with E-state index in [1.807, 2.05) is 42.2 Å². The number of aryl methyl sites for hydroxylation is 1. The molecule has 0 bridgehead atoms. The van der Waals surface area contributed by atoms with Gasteiger partial charge in [0.1, 0.15) is 0 Å². The highest BCUT2D eigenvalue weighted by Gasteiger charge is 2.02. The van der Waals surface area contributed by atoms with Crippen LogP contribution in [0.15, 0.2) is 30.5 Å². The third-order valence-corrected chi connectivity index (χ3v) is 3.06. The van der Waals surface area contributed by atoms with Crippen molar-refractivity contribution in [2.45, 2.75) is 19.9 Å². The Balaban J connectivity index is 1.98. The third kappa shape index (κ3) is 2.69. The fraction of sp³-hybridized carbons (Fsp3) is 0.286. The van der Waals surface area contributed by atoms with E-state index in [2.05, 4.69) is 23.4 Å². The topological polar surface area (TPSA) is 53.6 Å². The van der Waals surface area contributed by atoms with Crippen molar-refractivity contribution in [3.05, 3.63) is 47.3 Å². The van der Waals surface area contributed by atoms with E-state index in [1.54, 1.807) is 0 Å². The lowest BCUT2D eigenvalue weighted by Crippen LogP contribution is -2.01. The van der Waals surface area contributed by atoms with Crippen molar-refractivity contribution in [3.63, 3.8) is 0 Å². The fourth-order valence-corrected chi connectivity index (χ4v) is 1.75. The van der Waals surface area contributed by atoms with Crippen LogP contribution in [0.2, 0.25) is 0 Å². The molecule has 18 heavy (non-hydrogen) atoms. The van der Waals surface area contributed by atoms with Crippen LogP contribution in [0.1, 0.15) is 16.8 Å². The maximum atomic E-state index is 8.60. The maximum Gasteiger partial charge on any atom is 0.0669 e. The van der Waals surface area contributed by atoms with Crippen LogP contribution in [0.5, 0.6) is 0 Å². The number of anilines is 1. The molecule has 0 unspecified atom stereocenters. The molecule has 0 fully saturated rings. The molecule has 0 aliphatic rings. The Hall–Kier alpha value is -2.28. The number of nitrogens with one attached hydrogen (secondary N) is 1. The second kappa shape index (κ2) is 5.37. The van der Waals surface area contributed by atoms with E-state index in [-0.39, 0.29) is 0 Å². The van der Waals surface area contributed by atoms with E-state index in [1.165, 1.54) is 11.3 Å². The Kier molecular flexibility index (Phi) is 3.63. The molecule has 1 N–H and O–H groups in total. The second-order valence-electron chi connectivity index (χ2n) is 4.26. The van der Waals surface area contributed by atoms with E-state index >= 15 is 0 Å². The lowest BCUT2D eigenvalue weighted by atomic mass is 10.1. The number of aromatic nitrogens is 2. The van der Waals surface area contributed by atoms with Gasteiger partial charge in [-0.05, 0) is 24.6 Å². The minimum Gasteiger partial charge on any atom is -0.381 e. The van der Waals surface area contributed by atoms with Crippen LogP contribution in [0, 0.1) is 18.3 Å². The predicted molar refractivity (Wildman–Crippen MR) is 71.0 cm³/mol. The summed E-state index contributed by atoms with van der Waals surface area (Å²) in [5, 5.41) is 16.2. The van der Waals surface area contributed by atoms with Crippen LogP contribution >= 0.6 is 0 Å². The van der Waals surface area contributed by atoms with Crippen molar-refractivity contribution >= 4 is 5.69 Å². The zero-order valence-corrected chi connectivity index (χ0v) is 10.6. The molecular weight excluding hydrogens is 224 g/mol. The largest absolute Gasteiger partial charge is 0.381 e. The van der Waals surface area contributed by atoms with Crippen LogP contribution in [0.3, 0.4) is 0 Å². The summed E-state index contributed by atoms with van der Waals surface area (Å²) in [6.07, 6.45) is 2.34. The first-order valence-electron chi connectivity index (χ1n) is 5.88. The monoisotopic (exact) mass is 240 g/mol. The van der Waals surface area contributed by atoms with Gasteiger partial charge in [-0.15, -0.1) is 0 Å². The number of hydrogen-bond acceptors (Lipinski definition) is 3. The summed E-state index contributed by atoms with van der Waals surface area (Å²) in [6, 6.07) is 10.1. The quantitative estimate of drug-likeness (QED) is 0.892. The number of nitrogens with zero attached hydrogens (tertiary/aromatic N) is 3. The molecule has 0 amide bonds. The molecule has 1 heterocycles. The average Bonchev–Trinajstić information content (AvgIpc) is 2.70. The molecule has 0 saturated carbocycles. The van der Waals surface area contributed by atoms with Gasteiger partial charge in [0.2, 0.25) is 0 Å². The molecule has 0 saturated heterocycles. The predicted octanol–water partition coefficient (Wildman–Crippen LogP) is 2.41. The van der Waals surface area contributed by atoms with Gasteiger partial charge in [-0.2, -0.15) is 10.4 Å². The summed E-state index contributed by atoms with van der Waals surface area (Å²) in [5.41, 5.74) is 4.46. The zero-order valence-electron chi connectivity index (χ0n) is 10.6. The lowest BCUT2D eigenvalue weighted by molar-refractivity contribution is 0.738. The number of hydrogen-bond donors (Lipinski definition) is 1. The van der Waals surface area contributed by atoms with Gasteiger partial charge in [-0.1, -0.05) is 12.1 Å². The number of nitriles is 1. The summed E-state index contributed by atoms with van der Waals surface area (Å²) in [6.45, 7) is 2.82. The summed E-state index contributed by atoms with van der Waals surface area (Å²) in [4.78, 5) is 0. The van der Waals surface area contributed by atoms with Crippen molar-refractivity contribution in [1.29, 1.82) is 5.26 Å². The fourth-order valence-electron chi connectivity index (χ4n) is 1.75. The molecule has 4 nitrogen and oxygen atoms in total. The van der Waals surface area contributed by atoms with Crippen LogP contribution < -0.4 is 5.32 Å². The maximum absolute atomic E-state index is 8.60. The van der Waals surface area contributed by atoms with E-state index in [0.29, 0.717) is 6.42 Å². The van der Waals surface area contributed by atoms with Crippen molar-refractivity contribution < 1.29 is 0 Å². The lowest BCUT2D eigenvalue weighted by Gasteiger charge is -2.06. The summed E-state index contributed by atoms with van der Waals surface area (Å²) in [5.74, 6) is 0. The van der Waals surface area contributed by atoms with Gasteiger partial charge in [0.05, 0.1) is 18.7 Å². The van der Waals surface area contributed by atoms with Crippen LogP contribution in [-0.4, -0.2) is 9.78 Å². The van der Waals surface area contributed by atoms with E-state index in [0.717, 1.165) is 17.8 Å². The molecule has 0 aliphatic heterocycles. The number of benzene rings is 1. The van der Waals surface area contributed by atoms with Crippen molar-refractivity contribution in [1.82, 2.24) is 9.78 Å². The highest BCUT2D eigenvalue weighted by atomic mass is 15.3. The molecule has 0 spiro atoms. The van der Waals surface area contributed by atoms with E-state index in [9.17, 15) is 0 Å². The molecule has 1 aromatic carbocycles. The Bertz CT molecular complexity index is 560. The standard InChI is InChI=1S/C14H16N4/c1-11-13(10-17-18(11)2)9-16-14-5-3-12(4-6-14)7-8-15/h3-6,10,16H,7,9H2,1-2H3. The van der Waals surface area contributed by atoms with Gasteiger partial charge >= 0.3 is 0 Å². The minimum absolute atomic E-state index is 0.460. The molecule has 1 aromatic heterocycles. The van der Waals surface area contributed by atoms with Crippen LogP contribution in [-0.2, 0) is 20.0 Å². The van der Waals surface area contributed by atoms with Gasteiger partial charge < -0.3 is 5.32 Å². The normalized spacial score (nSPS) is 10.1. The average molecular weight is 240 g/mol. The Morgan fingerprint density at radius 1 is 1.33 bits per heavy atom. The third-order valence-electron chi connectivity index (χ3n) is 3.06. The highest BCUT2D eigenvalue weighted by Crippen LogP contribution is 2.13. The molecule has 2 rings (SSSR count). The molecule has 92 valence electrons. The minimum atomic E-state index is 0.460. The molecule has 0 radical (unpaired) electrons. The molecule has 0 atom stereocenters. The SMILES string of the molecule is Cc1c(CNc2ccc(CC#N)cc2)cnn1C. The zero-order chi connectivity index (χ0) is 13.0. The van der Waals surface area contributed by atoms with Gasteiger partial charge in [0.15, 0.2) is 0 Å². The molecule has 2 aromatic rings. The smallest absolute Gasteiger partial charge is 0.0669 e. The second-order valence-corrected chi connectivity index (χ2v) is 4.26. The molecular formula is C14H16N4. The summed E-state index contributed by atoms with van der Waals surface area (Å²) >= 11 is 0. The Labute approximate surface area is 107 Å². The van der Waals surface area contributed by atoms with Gasteiger partial charge in [-0.25, -0.2) is 0 Å². The number of rotatable bonds is 4. The van der Waals surface area contributed by atoms with Gasteiger partial charge in [-0.3, -0.25) is 4.68 Å².